The van der Waals surface area contributed by atoms with E-state index in [-0.39, 0.29) is 6.23 Å². The van der Waals surface area contributed by atoms with E-state index >= 15 is 0 Å². The van der Waals surface area contributed by atoms with Gasteiger partial charge in [-0.25, -0.2) is 0 Å². The van der Waals surface area contributed by atoms with Crippen molar-refractivity contribution < 1.29 is 14.2 Å². The second kappa shape index (κ2) is 6.73. The van der Waals surface area contributed by atoms with E-state index in [1.807, 2.05) is 36.4 Å². The minimum atomic E-state index is 0.163. The summed E-state index contributed by atoms with van der Waals surface area (Å²) in [6.07, 6.45) is 2.26. The zero-order valence-electron chi connectivity index (χ0n) is 14.0. The molecule has 1 saturated heterocycles. The average molecular weight is 325 g/mol. The fourth-order valence-electron chi connectivity index (χ4n) is 3.62. The first kappa shape index (κ1) is 15.3. The Bertz CT molecular complexity index is 689. The van der Waals surface area contributed by atoms with Gasteiger partial charge in [-0.3, -0.25) is 4.90 Å². The molecule has 0 N–H and O–H groups in total. The van der Waals surface area contributed by atoms with Gasteiger partial charge in [-0.2, -0.15) is 0 Å². The van der Waals surface area contributed by atoms with Crippen molar-refractivity contribution in [3.05, 3.63) is 54.1 Å². The molecule has 1 fully saturated rings. The van der Waals surface area contributed by atoms with Gasteiger partial charge in [0.15, 0.2) is 17.7 Å². The predicted octanol–water partition coefficient (Wildman–Crippen LogP) is 3.70. The molecule has 2 aromatic rings. The van der Waals surface area contributed by atoms with Crippen LogP contribution < -0.4 is 14.2 Å². The van der Waals surface area contributed by atoms with Crippen molar-refractivity contribution >= 4 is 0 Å². The van der Waals surface area contributed by atoms with Gasteiger partial charge in [0.05, 0.1) is 0 Å². The summed E-state index contributed by atoms with van der Waals surface area (Å²) >= 11 is 0. The van der Waals surface area contributed by atoms with Gasteiger partial charge in [0, 0.05) is 13.0 Å². The van der Waals surface area contributed by atoms with Crippen LogP contribution in [0.5, 0.6) is 17.2 Å². The Labute approximate surface area is 142 Å². The topological polar surface area (TPSA) is 30.9 Å². The van der Waals surface area contributed by atoms with Crippen LogP contribution >= 0.6 is 0 Å². The lowest BCUT2D eigenvalue weighted by molar-refractivity contribution is 0.0650. The van der Waals surface area contributed by atoms with Gasteiger partial charge in [-0.05, 0) is 48.7 Å². The summed E-state index contributed by atoms with van der Waals surface area (Å²) in [5, 5.41) is 0. The van der Waals surface area contributed by atoms with Crippen molar-refractivity contribution in [3.8, 4) is 17.2 Å². The Hall–Kier alpha value is -2.20. The minimum Gasteiger partial charge on any atom is -0.475 e. The zero-order valence-corrected chi connectivity index (χ0v) is 14.0. The van der Waals surface area contributed by atoms with Crippen molar-refractivity contribution in [3.63, 3.8) is 0 Å². The van der Waals surface area contributed by atoms with Crippen LogP contribution in [-0.2, 0) is 6.42 Å². The Kier molecular flexibility index (Phi) is 4.30. The summed E-state index contributed by atoms with van der Waals surface area (Å²) in [7, 11) is 0. The number of para-hydroxylation sites is 1. The van der Waals surface area contributed by atoms with E-state index in [1.165, 1.54) is 5.56 Å². The lowest BCUT2D eigenvalue weighted by Gasteiger charge is -2.23. The van der Waals surface area contributed by atoms with E-state index in [4.69, 9.17) is 14.2 Å². The molecule has 4 nitrogen and oxygen atoms in total. The molecule has 2 aliphatic heterocycles. The molecule has 0 radical (unpaired) electrons. The Morgan fingerprint density at radius 2 is 1.92 bits per heavy atom. The fourth-order valence-corrected chi connectivity index (χ4v) is 3.62. The smallest absolute Gasteiger partial charge is 0.231 e. The maximum atomic E-state index is 6.20. The predicted molar refractivity (Wildman–Crippen MR) is 92.5 cm³/mol. The van der Waals surface area contributed by atoms with Gasteiger partial charge in [0.25, 0.3) is 0 Å². The van der Waals surface area contributed by atoms with Crippen LogP contribution in [0.15, 0.2) is 48.5 Å². The van der Waals surface area contributed by atoms with E-state index in [9.17, 15) is 0 Å². The number of benzene rings is 2. The molecule has 2 unspecified atom stereocenters. The number of hydrogen-bond acceptors (Lipinski definition) is 4. The van der Waals surface area contributed by atoms with E-state index < -0.39 is 0 Å². The molecule has 126 valence electrons. The van der Waals surface area contributed by atoms with Crippen LogP contribution in [0, 0.1) is 5.92 Å². The molecular weight excluding hydrogens is 302 g/mol. The molecular formula is C20H23NO3. The largest absolute Gasteiger partial charge is 0.475 e. The second-order valence-electron chi connectivity index (χ2n) is 6.47. The first-order valence-corrected chi connectivity index (χ1v) is 8.66. The summed E-state index contributed by atoms with van der Waals surface area (Å²) in [4.78, 5) is 2.42. The average Bonchev–Trinajstić information content (AvgIpc) is 3.22. The van der Waals surface area contributed by atoms with Gasteiger partial charge in [-0.15, -0.1) is 0 Å². The molecule has 0 saturated carbocycles. The van der Waals surface area contributed by atoms with Gasteiger partial charge in [0.1, 0.15) is 5.75 Å². The van der Waals surface area contributed by atoms with E-state index in [0.717, 1.165) is 43.2 Å². The van der Waals surface area contributed by atoms with Crippen molar-refractivity contribution in [1.82, 2.24) is 4.90 Å². The molecule has 4 rings (SSSR count). The standard InChI is InChI=1S/C20H23NO3/c1-2-21-13-16(12-20(21)24-17-6-4-3-5-7-17)10-15-8-9-18-19(11-15)23-14-22-18/h3-9,11,16,20H,2,10,12-14H2,1H3. The first-order valence-electron chi connectivity index (χ1n) is 8.66. The van der Waals surface area contributed by atoms with Crippen molar-refractivity contribution in [2.45, 2.75) is 26.0 Å². The van der Waals surface area contributed by atoms with Gasteiger partial charge < -0.3 is 14.2 Å². The van der Waals surface area contributed by atoms with Crippen molar-refractivity contribution in [2.24, 2.45) is 5.92 Å². The van der Waals surface area contributed by atoms with E-state index in [0.29, 0.717) is 12.7 Å². The van der Waals surface area contributed by atoms with Crippen LogP contribution in [0.1, 0.15) is 18.9 Å². The zero-order chi connectivity index (χ0) is 16.4. The number of likely N-dealkylation sites (tertiary alicyclic amines) is 1. The fraction of sp³-hybridized carbons (Fsp3) is 0.400. The maximum Gasteiger partial charge on any atom is 0.231 e. The summed E-state index contributed by atoms with van der Waals surface area (Å²) in [6, 6.07) is 16.4. The highest BCUT2D eigenvalue weighted by atomic mass is 16.7. The lowest BCUT2D eigenvalue weighted by Crippen LogP contribution is -2.33. The van der Waals surface area contributed by atoms with Gasteiger partial charge in [-0.1, -0.05) is 31.2 Å². The second-order valence-corrected chi connectivity index (χ2v) is 6.47. The molecule has 4 heteroatoms. The first-order chi connectivity index (χ1) is 11.8. The summed E-state index contributed by atoms with van der Waals surface area (Å²) in [5.74, 6) is 3.27. The number of fused-ring (bicyclic) bond motifs is 1. The molecule has 24 heavy (non-hydrogen) atoms. The van der Waals surface area contributed by atoms with Crippen molar-refractivity contribution in [1.29, 1.82) is 0 Å². The van der Waals surface area contributed by atoms with Gasteiger partial charge in [0.2, 0.25) is 6.79 Å². The Morgan fingerprint density at radius 3 is 2.75 bits per heavy atom. The quantitative estimate of drug-likeness (QED) is 0.839. The SMILES string of the molecule is CCN1CC(Cc2ccc3c(c2)OCO3)CC1Oc1ccccc1. The third-order valence-electron chi connectivity index (χ3n) is 4.82. The molecule has 2 heterocycles. The molecule has 0 spiro atoms. The van der Waals surface area contributed by atoms with Gasteiger partial charge >= 0.3 is 0 Å². The summed E-state index contributed by atoms with van der Waals surface area (Å²) in [6.45, 7) is 4.61. The van der Waals surface area contributed by atoms with Crippen LogP contribution in [0.25, 0.3) is 0 Å². The highest BCUT2D eigenvalue weighted by Gasteiger charge is 2.32. The molecule has 0 amide bonds. The highest BCUT2D eigenvalue weighted by Crippen LogP contribution is 2.34. The van der Waals surface area contributed by atoms with Crippen molar-refractivity contribution in [2.75, 3.05) is 19.9 Å². The summed E-state index contributed by atoms with van der Waals surface area (Å²) < 4.78 is 17.1. The highest BCUT2D eigenvalue weighted by molar-refractivity contribution is 5.44. The Balaban J connectivity index is 1.41. The molecule has 2 aromatic carbocycles. The van der Waals surface area contributed by atoms with Crippen LogP contribution in [-0.4, -0.2) is 31.0 Å². The van der Waals surface area contributed by atoms with Crippen LogP contribution in [0.3, 0.4) is 0 Å². The molecule has 0 aliphatic carbocycles. The molecule has 2 atom stereocenters. The minimum absolute atomic E-state index is 0.163. The number of nitrogens with zero attached hydrogens (tertiary/aromatic N) is 1. The molecule has 0 bridgehead atoms. The van der Waals surface area contributed by atoms with Crippen LogP contribution in [0.4, 0.5) is 0 Å². The number of ether oxygens (including phenoxy) is 3. The van der Waals surface area contributed by atoms with E-state index in [1.54, 1.807) is 0 Å². The maximum absolute atomic E-state index is 6.20. The lowest BCUT2D eigenvalue weighted by atomic mass is 9.98. The third kappa shape index (κ3) is 3.20. The summed E-state index contributed by atoms with van der Waals surface area (Å²) in [5.41, 5.74) is 1.31. The monoisotopic (exact) mass is 325 g/mol. The molecule has 2 aliphatic rings. The molecule has 0 aromatic heterocycles. The Morgan fingerprint density at radius 1 is 1.08 bits per heavy atom. The number of hydrogen-bond donors (Lipinski definition) is 0. The van der Waals surface area contributed by atoms with E-state index in [2.05, 4.69) is 24.0 Å². The number of rotatable bonds is 5. The third-order valence-corrected chi connectivity index (χ3v) is 4.82. The van der Waals surface area contributed by atoms with Crippen LogP contribution in [0.2, 0.25) is 0 Å². The normalized spacial score (nSPS) is 22.7.